The average Bonchev–Trinajstić information content (AvgIpc) is 3.17. The van der Waals surface area contributed by atoms with Crippen molar-refractivity contribution in [1.29, 1.82) is 0 Å². The molecule has 0 saturated heterocycles. The standard InChI is InChI=1S/C20H24N6O3/c1-2-29-19(27)5-3-4-11-26-14-17(23-24-26)16-8-6-15(7-9-16)13-25-12-10-18(21)22-20(25)28/h6-10,12,14H,2-5,11,13H2,1H3,(H2,21,22,28). The Kier molecular flexibility index (Phi) is 6.72. The summed E-state index contributed by atoms with van der Waals surface area (Å²) in [4.78, 5) is 26.9. The van der Waals surface area contributed by atoms with Crippen molar-refractivity contribution < 1.29 is 9.53 Å². The third-order valence-electron chi connectivity index (χ3n) is 4.36. The van der Waals surface area contributed by atoms with Crippen LogP contribution in [-0.4, -0.2) is 37.1 Å². The van der Waals surface area contributed by atoms with Crippen molar-refractivity contribution in [1.82, 2.24) is 24.5 Å². The van der Waals surface area contributed by atoms with Gasteiger partial charge in [-0.1, -0.05) is 29.5 Å². The molecule has 0 bridgehead atoms. The van der Waals surface area contributed by atoms with Crippen LogP contribution in [0.5, 0.6) is 0 Å². The first-order valence-corrected chi connectivity index (χ1v) is 9.53. The van der Waals surface area contributed by atoms with Gasteiger partial charge in [0.05, 0.1) is 19.3 Å². The van der Waals surface area contributed by atoms with Gasteiger partial charge >= 0.3 is 11.7 Å². The maximum atomic E-state index is 11.8. The van der Waals surface area contributed by atoms with Crippen LogP contribution < -0.4 is 11.4 Å². The zero-order valence-electron chi connectivity index (χ0n) is 16.3. The lowest BCUT2D eigenvalue weighted by Gasteiger charge is -2.06. The van der Waals surface area contributed by atoms with Crippen molar-refractivity contribution in [2.75, 3.05) is 12.3 Å². The summed E-state index contributed by atoms with van der Waals surface area (Å²) in [5.74, 6) is 0.0504. The molecule has 0 amide bonds. The summed E-state index contributed by atoms with van der Waals surface area (Å²) in [6.07, 6.45) is 5.51. The molecule has 0 fully saturated rings. The SMILES string of the molecule is CCOC(=O)CCCCn1cc(-c2ccc(Cn3ccc(N)nc3=O)cc2)nn1. The van der Waals surface area contributed by atoms with E-state index >= 15 is 0 Å². The lowest BCUT2D eigenvalue weighted by molar-refractivity contribution is -0.143. The molecule has 0 atom stereocenters. The van der Waals surface area contributed by atoms with Crippen molar-refractivity contribution in [3.05, 3.63) is 58.8 Å². The Labute approximate surface area is 168 Å². The summed E-state index contributed by atoms with van der Waals surface area (Å²) in [6.45, 7) is 3.32. The number of hydrogen-bond donors (Lipinski definition) is 1. The Hall–Kier alpha value is -3.49. The fourth-order valence-electron chi connectivity index (χ4n) is 2.86. The number of nitrogens with two attached hydrogens (primary N) is 1. The second-order valence-corrected chi connectivity index (χ2v) is 6.59. The highest BCUT2D eigenvalue weighted by molar-refractivity contribution is 5.69. The molecule has 29 heavy (non-hydrogen) atoms. The number of unbranched alkanes of at least 4 members (excludes halogenated alkanes) is 1. The summed E-state index contributed by atoms with van der Waals surface area (Å²) in [7, 11) is 0. The molecule has 0 radical (unpaired) electrons. The molecule has 9 heteroatoms. The summed E-state index contributed by atoms with van der Waals surface area (Å²) < 4.78 is 8.18. The van der Waals surface area contributed by atoms with E-state index in [0.717, 1.165) is 29.7 Å². The molecule has 0 aliphatic rings. The van der Waals surface area contributed by atoms with E-state index < -0.39 is 0 Å². The van der Waals surface area contributed by atoms with E-state index in [-0.39, 0.29) is 17.5 Å². The minimum atomic E-state index is -0.375. The van der Waals surface area contributed by atoms with Crippen molar-refractivity contribution >= 4 is 11.8 Å². The number of aryl methyl sites for hydroxylation is 1. The summed E-state index contributed by atoms with van der Waals surface area (Å²) in [5.41, 5.74) is 7.81. The normalized spacial score (nSPS) is 10.8. The minimum Gasteiger partial charge on any atom is -0.466 e. The molecular formula is C20H24N6O3. The molecule has 3 aromatic rings. The highest BCUT2D eigenvalue weighted by Gasteiger charge is 2.06. The minimum absolute atomic E-state index is 0.163. The second kappa shape index (κ2) is 9.63. The van der Waals surface area contributed by atoms with E-state index in [1.807, 2.05) is 30.5 Å². The molecule has 2 N–H and O–H groups in total. The number of nitrogen functional groups attached to an aromatic ring is 1. The molecule has 1 aromatic carbocycles. The maximum absolute atomic E-state index is 11.8. The predicted octanol–water partition coefficient (Wildman–Crippen LogP) is 1.87. The molecule has 0 spiro atoms. The van der Waals surface area contributed by atoms with E-state index in [0.29, 0.717) is 26.1 Å². The molecular weight excluding hydrogens is 372 g/mol. The van der Waals surface area contributed by atoms with Gasteiger partial charge in [-0.2, -0.15) is 4.98 Å². The van der Waals surface area contributed by atoms with E-state index in [2.05, 4.69) is 15.3 Å². The molecule has 0 aliphatic heterocycles. The number of rotatable bonds is 9. The number of ether oxygens (including phenoxy) is 1. The average molecular weight is 396 g/mol. The summed E-state index contributed by atoms with van der Waals surface area (Å²) >= 11 is 0. The number of carbonyl (C=O) groups is 1. The molecule has 0 aliphatic carbocycles. The number of anilines is 1. The first-order chi connectivity index (χ1) is 14.0. The quantitative estimate of drug-likeness (QED) is 0.433. The Morgan fingerprint density at radius 3 is 2.69 bits per heavy atom. The van der Waals surface area contributed by atoms with Gasteiger partial charge in [-0.25, -0.2) is 4.79 Å². The van der Waals surface area contributed by atoms with Crippen LogP contribution in [0.2, 0.25) is 0 Å². The van der Waals surface area contributed by atoms with Gasteiger partial charge in [-0.05, 0) is 31.4 Å². The zero-order valence-corrected chi connectivity index (χ0v) is 16.3. The van der Waals surface area contributed by atoms with Gasteiger partial charge in [0.25, 0.3) is 0 Å². The third-order valence-corrected chi connectivity index (χ3v) is 4.36. The molecule has 0 saturated carbocycles. The topological polar surface area (TPSA) is 118 Å². The first-order valence-electron chi connectivity index (χ1n) is 9.53. The Morgan fingerprint density at radius 2 is 1.97 bits per heavy atom. The van der Waals surface area contributed by atoms with Crippen LogP contribution in [0, 0.1) is 0 Å². The van der Waals surface area contributed by atoms with Gasteiger partial charge < -0.3 is 10.5 Å². The van der Waals surface area contributed by atoms with Gasteiger partial charge in [-0.3, -0.25) is 14.0 Å². The van der Waals surface area contributed by atoms with Gasteiger partial charge in [0.15, 0.2) is 0 Å². The maximum Gasteiger partial charge on any atom is 0.349 e. The highest BCUT2D eigenvalue weighted by Crippen LogP contribution is 2.17. The zero-order chi connectivity index (χ0) is 20.6. The van der Waals surface area contributed by atoms with Gasteiger partial charge in [0.2, 0.25) is 0 Å². The van der Waals surface area contributed by atoms with E-state index in [1.165, 1.54) is 4.57 Å². The number of carbonyl (C=O) groups excluding carboxylic acids is 1. The number of hydrogen-bond acceptors (Lipinski definition) is 7. The number of benzene rings is 1. The van der Waals surface area contributed by atoms with Crippen LogP contribution in [-0.2, 0) is 22.6 Å². The van der Waals surface area contributed by atoms with E-state index in [4.69, 9.17) is 10.5 Å². The van der Waals surface area contributed by atoms with Gasteiger partial charge in [-0.15, -0.1) is 5.10 Å². The predicted molar refractivity (Wildman–Crippen MR) is 108 cm³/mol. The smallest absolute Gasteiger partial charge is 0.349 e. The van der Waals surface area contributed by atoms with Crippen LogP contribution in [0.15, 0.2) is 47.5 Å². The van der Waals surface area contributed by atoms with Gasteiger partial charge in [0, 0.05) is 24.7 Å². The number of esters is 1. The van der Waals surface area contributed by atoms with Crippen LogP contribution in [0.3, 0.4) is 0 Å². The molecule has 152 valence electrons. The van der Waals surface area contributed by atoms with Crippen molar-refractivity contribution in [2.24, 2.45) is 0 Å². The first kappa shape index (κ1) is 20.2. The second-order valence-electron chi connectivity index (χ2n) is 6.59. The molecule has 0 unspecified atom stereocenters. The number of aromatic nitrogens is 5. The Balaban J connectivity index is 1.55. The molecule has 2 heterocycles. The van der Waals surface area contributed by atoms with Crippen LogP contribution >= 0.6 is 0 Å². The molecule has 2 aromatic heterocycles. The fraction of sp³-hybridized carbons (Fsp3) is 0.350. The Morgan fingerprint density at radius 1 is 1.17 bits per heavy atom. The van der Waals surface area contributed by atoms with Crippen LogP contribution in [0.25, 0.3) is 11.3 Å². The lowest BCUT2D eigenvalue weighted by Crippen LogP contribution is -2.23. The van der Waals surface area contributed by atoms with Crippen molar-refractivity contribution in [2.45, 2.75) is 39.3 Å². The third kappa shape index (κ3) is 5.74. The molecule has 9 nitrogen and oxygen atoms in total. The van der Waals surface area contributed by atoms with Gasteiger partial charge in [0.1, 0.15) is 11.5 Å². The van der Waals surface area contributed by atoms with Crippen molar-refractivity contribution in [3.63, 3.8) is 0 Å². The largest absolute Gasteiger partial charge is 0.466 e. The van der Waals surface area contributed by atoms with Crippen LogP contribution in [0.1, 0.15) is 31.7 Å². The van der Waals surface area contributed by atoms with E-state index in [1.54, 1.807) is 23.9 Å². The monoisotopic (exact) mass is 396 g/mol. The molecule has 3 rings (SSSR count). The van der Waals surface area contributed by atoms with Crippen LogP contribution in [0.4, 0.5) is 5.82 Å². The highest BCUT2D eigenvalue weighted by atomic mass is 16.5. The number of nitrogens with zero attached hydrogens (tertiary/aromatic N) is 5. The van der Waals surface area contributed by atoms with Crippen molar-refractivity contribution in [3.8, 4) is 11.3 Å². The lowest BCUT2D eigenvalue weighted by atomic mass is 10.1. The summed E-state index contributed by atoms with van der Waals surface area (Å²) in [6, 6.07) is 9.37. The Bertz CT molecular complexity index is 1010. The fourth-order valence-corrected chi connectivity index (χ4v) is 2.86. The van der Waals surface area contributed by atoms with E-state index in [9.17, 15) is 9.59 Å². The summed E-state index contributed by atoms with van der Waals surface area (Å²) in [5, 5.41) is 8.35.